The average molecular weight is 363 g/mol. The molecule has 2 heterocycles. The number of ether oxygens (including phenoxy) is 1. The zero-order valence-electron chi connectivity index (χ0n) is 13.5. The van der Waals surface area contributed by atoms with Gasteiger partial charge in [-0.25, -0.2) is 13.6 Å². The number of carbonyl (C=O) groups is 1. The summed E-state index contributed by atoms with van der Waals surface area (Å²) in [4.78, 5) is 16.7. The molecule has 3 rings (SSSR count). The second kappa shape index (κ2) is 6.85. The molecule has 0 amide bonds. The van der Waals surface area contributed by atoms with E-state index in [1.54, 1.807) is 13.0 Å². The fraction of sp³-hybridized carbons (Fsp3) is 0.222. The van der Waals surface area contributed by atoms with Crippen LogP contribution in [0, 0.1) is 11.6 Å². The van der Waals surface area contributed by atoms with Crippen molar-refractivity contribution < 1.29 is 23.4 Å². The molecule has 0 spiro atoms. The van der Waals surface area contributed by atoms with Gasteiger partial charge in [-0.2, -0.15) is 0 Å². The Morgan fingerprint density at radius 2 is 2.00 bits per heavy atom. The van der Waals surface area contributed by atoms with Crippen molar-refractivity contribution in [3.8, 4) is 11.1 Å². The molecule has 0 aliphatic heterocycles. The lowest BCUT2D eigenvalue weighted by Crippen LogP contribution is -2.06. The number of carbonyl (C=O) groups excluding carboxylic acids is 1. The molecule has 0 radical (unpaired) electrons. The first kappa shape index (κ1) is 17.4. The van der Waals surface area contributed by atoms with Crippen LogP contribution < -0.4 is 0 Å². The van der Waals surface area contributed by atoms with Crippen LogP contribution in [-0.4, -0.2) is 22.7 Å². The summed E-state index contributed by atoms with van der Waals surface area (Å²) < 4.78 is 32.8. The van der Waals surface area contributed by atoms with Crippen LogP contribution >= 0.6 is 11.3 Å². The highest BCUT2D eigenvalue weighted by molar-refractivity contribution is 7.21. The summed E-state index contributed by atoms with van der Waals surface area (Å²) in [7, 11) is 0. The van der Waals surface area contributed by atoms with E-state index in [0.717, 1.165) is 17.4 Å². The van der Waals surface area contributed by atoms with Crippen LogP contribution in [0.15, 0.2) is 30.5 Å². The van der Waals surface area contributed by atoms with Gasteiger partial charge in [-0.05, 0) is 37.6 Å². The second-order valence-electron chi connectivity index (χ2n) is 5.44. The number of hydrogen-bond donors (Lipinski definition) is 1. The van der Waals surface area contributed by atoms with Crippen LogP contribution in [0.2, 0.25) is 0 Å². The standard InChI is InChI=1S/C18H15F2NO3S/c1-3-24-18(23)17-14(9(2)22)15-16(25-17)13(4-5-21-15)10-6-11(19)8-12(20)7-10/h4-9,22H,3H2,1-2H3. The van der Waals surface area contributed by atoms with Gasteiger partial charge in [-0.15, -0.1) is 11.3 Å². The molecule has 0 aliphatic rings. The van der Waals surface area contributed by atoms with Gasteiger partial charge in [-0.3, -0.25) is 4.98 Å². The topological polar surface area (TPSA) is 59.4 Å². The van der Waals surface area contributed by atoms with Gasteiger partial charge in [0.15, 0.2) is 0 Å². The summed E-state index contributed by atoms with van der Waals surface area (Å²) in [6.45, 7) is 3.41. The average Bonchev–Trinajstić information content (AvgIpc) is 2.93. The normalized spacial score (nSPS) is 12.4. The van der Waals surface area contributed by atoms with E-state index in [-0.39, 0.29) is 11.5 Å². The van der Waals surface area contributed by atoms with E-state index in [1.807, 2.05) is 0 Å². The molecule has 0 aliphatic carbocycles. The van der Waals surface area contributed by atoms with E-state index in [4.69, 9.17) is 4.74 Å². The van der Waals surface area contributed by atoms with Gasteiger partial charge in [-0.1, -0.05) is 0 Å². The molecule has 1 atom stereocenters. The molecular formula is C18H15F2NO3S. The number of aromatic nitrogens is 1. The third kappa shape index (κ3) is 3.25. The van der Waals surface area contributed by atoms with Gasteiger partial charge in [0.25, 0.3) is 0 Å². The SMILES string of the molecule is CCOC(=O)c1sc2c(-c3cc(F)cc(F)c3)ccnc2c1C(C)O. The smallest absolute Gasteiger partial charge is 0.348 e. The molecule has 3 aromatic rings. The van der Waals surface area contributed by atoms with Gasteiger partial charge in [0.2, 0.25) is 0 Å². The third-order valence-electron chi connectivity index (χ3n) is 3.66. The van der Waals surface area contributed by atoms with Crippen molar-refractivity contribution in [2.45, 2.75) is 20.0 Å². The van der Waals surface area contributed by atoms with E-state index in [2.05, 4.69) is 4.98 Å². The molecule has 1 aromatic carbocycles. The Kier molecular flexibility index (Phi) is 4.78. The fourth-order valence-electron chi connectivity index (χ4n) is 2.68. The summed E-state index contributed by atoms with van der Waals surface area (Å²) >= 11 is 1.09. The minimum absolute atomic E-state index is 0.196. The maximum Gasteiger partial charge on any atom is 0.348 e. The number of aliphatic hydroxyl groups excluding tert-OH is 1. The van der Waals surface area contributed by atoms with Crippen molar-refractivity contribution in [1.82, 2.24) is 4.98 Å². The molecule has 7 heteroatoms. The van der Waals surface area contributed by atoms with E-state index in [9.17, 15) is 18.7 Å². The molecule has 1 unspecified atom stereocenters. The van der Waals surface area contributed by atoms with E-state index in [1.165, 1.54) is 25.3 Å². The first-order chi connectivity index (χ1) is 11.9. The number of pyridine rings is 1. The highest BCUT2D eigenvalue weighted by Gasteiger charge is 2.25. The monoisotopic (exact) mass is 363 g/mol. The lowest BCUT2D eigenvalue weighted by Gasteiger charge is -2.07. The number of fused-ring (bicyclic) bond motifs is 1. The third-order valence-corrected chi connectivity index (χ3v) is 4.87. The predicted octanol–water partition coefficient (Wildman–Crippen LogP) is 4.47. The minimum atomic E-state index is -0.944. The molecule has 0 fully saturated rings. The van der Waals surface area contributed by atoms with Crippen molar-refractivity contribution in [3.63, 3.8) is 0 Å². The second-order valence-corrected chi connectivity index (χ2v) is 6.46. The van der Waals surface area contributed by atoms with Gasteiger partial charge in [0, 0.05) is 23.4 Å². The number of hydrogen-bond acceptors (Lipinski definition) is 5. The Hall–Kier alpha value is -2.38. The Bertz CT molecular complexity index is 933. The Morgan fingerprint density at radius 3 is 2.60 bits per heavy atom. The first-order valence-corrected chi connectivity index (χ1v) is 8.47. The Labute approximate surface area is 146 Å². The van der Waals surface area contributed by atoms with Crippen LogP contribution in [0.4, 0.5) is 8.78 Å². The van der Waals surface area contributed by atoms with Crippen LogP contribution in [0.25, 0.3) is 21.3 Å². The molecule has 4 nitrogen and oxygen atoms in total. The molecular weight excluding hydrogens is 348 g/mol. The Balaban J connectivity index is 2.29. The van der Waals surface area contributed by atoms with Crippen molar-refractivity contribution in [3.05, 3.63) is 52.5 Å². The van der Waals surface area contributed by atoms with Crippen LogP contribution in [-0.2, 0) is 4.74 Å². The Morgan fingerprint density at radius 1 is 1.32 bits per heavy atom. The van der Waals surface area contributed by atoms with Crippen molar-refractivity contribution in [2.24, 2.45) is 0 Å². The molecule has 0 saturated heterocycles. The number of esters is 1. The van der Waals surface area contributed by atoms with Gasteiger partial charge < -0.3 is 9.84 Å². The van der Waals surface area contributed by atoms with E-state index >= 15 is 0 Å². The zero-order valence-corrected chi connectivity index (χ0v) is 14.4. The number of benzene rings is 1. The lowest BCUT2D eigenvalue weighted by molar-refractivity contribution is 0.0526. The van der Waals surface area contributed by atoms with Crippen LogP contribution in [0.3, 0.4) is 0 Å². The summed E-state index contributed by atoms with van der Waals surface area (Å²) in [5.41, 5.74) is 1.65. The fourth-order valence-corrected chi connectivity index (χ4v) is 3.96. The molecule has 25 heavy (non-hydrogen) atoms. The van der Waals surface area contributed by atoms with E-state index < -0.39 is 23.7 Å². The molecule has 0 bridgehead atoms. The first-order valence-electron chi connectivity index (χ1n) is 7.65. The molecule has 130 valence electrons. The van der Waals surface area contributed by atoms with Gasteiger partial charge in [0.05, 0.1) is 22.9 Å². The maximum absolute atomic E-state index is 13.6. The largest absolute Gasteiger partial charge is 0.462 e. The number of nitrogens with zero attached hydrogens (tertiary/aromatic N) is 1. The summed E-state index contributed by atoms with van der Waals surface area (Å²) in [6, 6.07) is 4.84. The molecule has 2 aromatic heterocycles. The minimum Gasteiger partial charge on any atom is -0.462 e. The highest BCUT2D eigenvalue weighted by Crippen LogP contribution is 2.40. The number of rotatable bonds is 4. The van der Waals surface area contributed by atoms with Gasteiger partial charge >= 0.3 is 5.97 Å². The van der Waals surface area contributed by atoms with Crippen LogP contribution in [0.5, 0.6) is 0 Å². The summed E-state index contributed by atoms with van der Waals surface area (Å²) in [5.74, 6) is -1.95. The highest BCUT2D eigenvalue weighted by atomic mass is 32.1. The molecule has 0 saturated carbocycles. The maximum atomic E-state index is 13.6. The van der Waals surface area contributed by atoms with Gasteiger partial charge in [0.1, 0.15) is 16.5 Å². The quantitative estimate of drug-likeness (QED) is 0.695. The molecule has 1 N–H and O–H groups in total. The van der Waals surface area contributed by atoms with Crippen LogP contribution in [0.1, 0.15) is 35.2 Å². The summed E-state index contributed by atoms with van der Waals surface area (Å²) in [6.07, 6.45) is 0.536. The summed E-state index contributed by atoms with van der Waals surface area (Å²) in [5, 5.41) is 10.1. The number of thiophene rings is 1. The zero-order chi connectivity index (χ0) is 18.1. The lowest BCUT2D eigenvalue weighted by atomic mass is 10.0. The van der Waals surface area contributed by atoms with Crippen molar-refractivity contribution in [2.75, 3.05) is 6.61 Å². The number of halogens is 2. The number of aliphatic hydroxyl groups is 1. The van der Waals surface area contributed by atoms with E-state index in [0.29, 0.717) is 26.9 Å². The van der Waals surface area contributed by atoms with Crippen molar-refractivity contribution in [1.29, 1.82) is 0 Å². The predicted molar refractivity (Wildman–Crippen MR) is 91.6 cm³/mol. The van der Waals surface area contributed by atoms with Crippen molar-refractivity contribution >= 4 is 27.5 Å².